The van der Waals surface area contributed by atoms with Gasteiger partial charge in [-0.1, -0.05) is 0 Å². The first kappa shape index (κ1) is 12.5. The van der Waals surface area contributed by atoms with Crippen molar-refractivity contribution in [3.05, 3.63) is 12.4 Å². The van der Waals surface area contributed by atoms with Gasteiger partial charge in [0.25, 0.3) is 0 Å². The number of nitrogens with zero attached hydrogens (tertiary/aromatic N) is 3. The molecule has 7 heteroatoms. The zero-order chi connectivity index (χ0) is 12.6. The van der Waals surface area contributed by atoms with Crippen LogP contribution in [0.1, 0.15) is 13.8 Å². The second kappa shape index (κ2) is 4.40. The highest BCUT2D eigenvalue weighted by Gasteiger charge is 2.34. The Kier molecular flexibility index (Phi) is 3.24. The van der Waals surface area contributed by atoms with Gasteiger partial charge in [0.05, 0.1) is 18.9 Å². The van der Waals surface area contributed by atoms with Crippen molar-refractivity contribution in [1.82, 2.24) is 14.1 Å². The number of hydrogen-bond acceptors (Lipinski definition) is 4. The molecule has 0 spiro atoms. The predicted octanol–water partition coefficient (Wildman–Crippen LogP) is 0.218. The molecule has 0 bridgehead atoms. The fourth-order valence-electron chi connectivity index (χ4n) is 1.88. The molecule has 1 aliphatic heterocycles. The maximum atomic E-state index is 12.4. The lowest BCUT2D eigenvalue weighted by Gasteiger charge is -2.35. The lowest BCUT2D eigenvalue weighted by Crippen LogP contribution is -2.49. The Balaban J connectivity index is 2.31. The average molecular weight is 259 g/mol. The molecule has 0 unspecified atom stereocenters. The molecule has 0 saturated carbocycles. The first-order valence-electron chi connectivity index (χ1n) is 5.53. The van der Waals surface area contributed by atoms with Gasteiger partial charge in [0.2, 0.25) is 10.0 Å². The maximum Gasteiger partial charge on any atom is 0.246 e. The van der Waals surface area contributed by atoms with Crippen LogP contribution in [0.25, 0.3) is 0 Å². The molecule has 2 rings (SSSR count). The highest BCUT2D eigenvalue weighted by atomic mass is 32.2. The molecule has 0 radical (unpaired) electrons. The minimum absolute atomic E-state index is 0.0716. The SMILES string of the molecule is C[C@@H]1CN(S(=O)(=O)c2cnn(C)c2)[C@@H](C)CO1. The van der Waals surface area contributed by atoms with E-state index in [1.165, 1.54) is 21.4 Å². The Labute approximate surface area is 101 Å². The van der Waals surface area contributed by atoms with E-state index < -0.39 is 10.0 Å². The summed E-state index contributed by atoms with van der Waals surface area (Å²) in [4.78, 5) is 0.237. The molecule has 1 aliphatic rings. The van der Waals surface area contributed by atoms with Gasteiger partial charge in [-0.05, 0) is 13.8 Å². The molecule has 2 heterocycles. The number of aryl methyl sites for hydroxylation is 1. The van der Waals surface area contributed by atoms with Crippen molar-refractivity contribution < 1.29 is 13.2 Å². The molecule has 1 saturated heterocycles. The van der Waals surface area contributed by atoms with Crippen molar-refractivity contribution in [2.75, 3.05) is 13.2 Å². The van der Waals surface area contributed by atoms with Crippen molar-refractivity contribution >= 4 is 10.0 Å². The molecule has 17 heavy (non-hydrogen) atoms. The molecule has 0 aromatic carbocycles. The number of sulfonamides is 1. The van der Waals surface area contributed by atoms with Gasteiger partial charge in [0.15, 0.2) is 0 Å². The zero-order valence-corrected chi connectivity index (χ0v) is 11.0. The summed E-state index contributed by atoms with van der Waals surface area (Å²) < 4.78 is 33.1. The summed E-state index contributed by atoms with van der Waals surface area (Å²) in [7, 11) is -1.75. The van der Waals surface area contributed by atoms with Crippen LogP contribution in [0.15, 0.2) is 17.3 Å². The first-order chi connectivity index (χ1) is 7.91. The van der Waals surface area contributed by atoms with E-state index in [-0.39, 0.29) is 17.0 Å². The van der Waals surface area contributed by atoms with Crippen LogP contribution in [0.4, 0.5) is 0 Å². The topological polar surface area (TPSA) is 64.4 Å². The maximum absolute atomic E-state index is 12.4. The van der Waals surface area contributed by atoms with Crippen molar-refractivity contribution in [1.29, 1.82) is 0 Å². The van der Waals surface area contributed by atoms with Crippen molar-refractivity contribution in [3.63, 3.8) is 0 Å². The Hall–Kier alpha value is -0.920. The largest absolute Gasteiger partial charge is 0.375 e. The van der Waals surface area contributed by atoms with Crippen molar-refractivity contribution in [3.8, 4) is 0 Å². The van der Waals surface area contributed by atoms with E-state index in [9.17, 15) is 8.42 Å². The fraction of sp³-hybridized carbons (Fsp3) is 0.700. The van der Waals surface area contributed by atoms with Gasteiger partial charge in [-0.2, -0.15) is 9.40 Å². The summed E-state index contributed by atoms with van der Waals surface area (Å²) >= 11 is 0. The second-order valence-corrected chi connectivity index (χ2v) is 6.31. The van der Waals surface area contributed by atoms with Crippen LogP contribution >= 0.6 is 0 Å². The van der Waals surface area contributed by atoms with Gasteiger partial charge >= 0.3 is 0 Å². The highest BCUT2D eigenvalue weighted by Crippen LogP contribution is 2.21. The predicted molar refractivity (Wildman–Crippen MR) is 62.0 cm³/mol. The number of aromatic nitrogens is 2. The van der Waals surface area contributed by atoms with Crippen LogP contribution in [-0.2, 0) is 21.8 Å². The summed E-state index contributed by atoms with van der Waals surface area (Å²) in [5, 5.41) is 3.90. The third kappa shape index (κ3) is 2.36. The van der Waals surface area contributed by atoms with Gasteiger partial charge in [-0.25, -0.2) is 8.42 Å². The Morgan fingerprint density at radius 3 is 2.76 bits per heavy atom. The van der Waals surface area contributed by atoms with E-state index in [1.807, 2.05) is 13.8 Å². The van der Waals surface area contributed by atoms with E-state index in [0.717, 1.165) is 0 Å². The van der Waals surface area contributed by atoms with E-state index in [0.29, 0.717) is 13.2 Å². The molecular formula is C10H17N3O3S. The summed E-state index contributed by atoms with van der Waals surface area (Å²) in [5.41, 5.74) is 0. The molecule has 96 valence electrons. The molecule has 1 aromatic heterocycles. The third-order valence-electron chi connectivity index (χ3n) is 2.84. The van der Waals surface area contributed by atoms with E-state index in [2.05, 4.69) is 5.10 Å². The van der Waals surface area contributed by atoms with Crippen LogP contribution in [0.2, 0.25) is 0 Å². The molecule has 0 amide bonds. The lowest BCUT2D eigenvalue weighted by molar-refractivity contribution is -0.0170. The smallest absolute Gasteiger partial charge is 0.246 e. The molecule has 0 N–H and O–H groups in total. The van der Waals surface area contributed by atoms with Gasteiger partial charge < -0.3 is 4.74 Å². The van der Waals surface area contributed by atoms with E-state index in [1.54, 1.807) is 7.05 Å². The Morgan fingerprint density at radius 2 is 2.18 bits per heavy atom. The minimum Gasteiger partial charge on any atom is -0.375 e. The number of ether oxygens (including phenoxy) is 1. The summed E-state index contributed by atoms with van der Waals surface area (Å²) in [5.74, 6) is 0. The van der Waals surface area contributed by atoms with Crippen LogP contribution in [0.3, 0.4) is 0 Å². The van der Waals surface area contributed by atoms with Gasteiger partial charge in [-0.3, -0.25) is 4.68 Å². The molecular weight excluding hydrogens is 242 g/mol. The molecule has 1 aromatic rings. The summed E-state index contributed by atoms with van der Waals surface area (Å²) in [6.45, 7) is 4.54. The highest BCUT2D eigenvalue weighted by molar-refractivity contribution is 7.89. The van der Waals surface area contributed by atoms with Gasteiger partial charge in [0.1, 0.15) is 4.90 Å². The van der Waals surface area contributed by atoms with Crippen LogP contribution in [-0.4, -0.2) is 47.8 Å². The summed E-state index contributed by atoms with van der Waals surface area (Å²) in [6.07, 6.45) is 2.82. The third-order valence-corrected chi connectivity index (χ3v) is 4.77. The normalized spacial score (nSPS) is 27.2. The lowest BCUT2D eigenvalue weighted by atomic mass is 10.2. The van der Waals surface area contributed by atoms with Crippen LogP contribution < -0.4 is 0 Å². The second-order valence-electron chi connectivity index (χ2n) is 4.42. The Bertz CT molecular complexity index is 497. The van der Waals surface area contributed by atoms with E-state index in [4.69, 9.17) is 4.74 Å². The Morgan fingerprint density at radius 1 is 1.47 bits per heavy atom. The molecule has 1 fully saturated rings. The fourth-order valence-corrected chi connectivity index (χ4v) is 3.55. The quantitative estimate of drug-likeness (QED) is 0.762. The van der Waals surface area contributed by atoms with E-state index >= 15 is 0 Å². The van der Waals surface area contributed by atoms with Crippen molar-refractivity contribution in [2.24, 2.45) is 7.05 Å². The standard InChI is InChI=1S/C10H17N3O3S/c1-8-7-16-9(2)5-13(8)17(14,15)10-4-11-12(3)6-10/h4,6,8-9H,5,7H2,1-3H3/t8-,9+/m0/s1. The number of rotatable bonds is 2. The van der Waals surface area contributed by atoms with Crippen LogP contribution in [0.5, 0.6) is 0 Å². The van der Waals surface area contributed by atoms with Gasteiger partial charge in [-0.15, -0.1) is 0 Å². The minimum atomic E-state index is -3.45. The molecule has 0 aliphatic carbocycles. The molecule has 2 atom stereocenters. The zero-order valence-electron chi connectivity index (χ0n) is 10.2. The number of morpholine rings is 1. The van der Waals surface area contributed by atoms with Crippen LogP contribution in [0, 0.1) is 0 Å². The van der Waals surface area contributed by atoms with Gasteiger partial charge in [0, 0.05) is 25.8 Å². The first-order valence-corrected chi connectivity index (χ1v) is 6.97. The van der Waals surface area contributed by atoms with Crippen molar-refractivity contribution in [2.45, 2.75) is 30.9 Å². The average Bonchev–Trinajstić information content (AvgIpc) is 2.69. The monoisotopic (exact) mass is 259 g/mol. The summed E-state index contributed by atoms with van der Waals surface area (Å²) in [6, 6.07) is -0.142. The molecule has 6 nitrogen and oxygen atoms in total. The number of hydrogen-bond donors (Lipinski definition) is 0.